The third-order valence-corrected chi connectivity index (χ3v) is 3.08. The zero-order valence-corrected chi connectivity index (χ0v) is 11.5. The van der Waals surface area contributed by atoms with Gasteiger partial charge < -0.3 is 6.63 Å². The maximum atomic E-state index is 7.12. The minimum atomic E-state index is -0.577. The first-order valence-corrected chi connectivity index (χ1v) is 6.29. The molecule has 0 saturated heterocycles. The Labute approximate surface area is 115 Å². The Morgan fingerprint density at radius 2 is 2.18 bits per heavy atom. The summed E-state index contributed by atoms with van der Waals surface area (Å²) in [6.45, 7) is 9.03. The minimum Gasteiger partial charge on any atom is -0.626 e. The van der Waals surface area contributed by atoms with Gasteiger partial charge in [0.2, 0.25) is 0 Å². The number of rotatable bonds is 3. The van der Waals surface area contributed by atoms with Crippen molar-refractivity contribution in [1.29, 1.82) is 0 Å². The third kappa shape index (κ3) is 2.62. The number of pyridine rings is 1. The van der Waals surface area contributed by atoms with Gasteiger partial charge in [-0.25, -0.2) is 4.85 Å². The van der Waals surface area contributed by atoms with Crippen molar-refractivity contribution < 1.29 is 6.63 Å². The van der Waals surface area contributed by atoms with Crippen LogP contribution < -0.4 is 3.79 Å². The Kier molecular flexibility index (Phi) is 4.03. The molecule has 0 bridgehead atoms. The van der Waals surface area contributed by atoms with Crippen molar-refractivity contribution in [2.75, 3.05) is 0 Å². The SMILES string of the molecule is [C-]#[N+]c1ccc([O][Al][O][Al])c2nc(C)ccc12. The van der Waals surface area contributed by atoms with E-state index in [4.69, 9.17) is 13.2 Å². The van der Waals surface area contributed by atoms with E-state index in [1.807, 2.05) is 19.1 Å². The van der Waals surface area contributed by atoms with Gasteiger partial charge in [-0.1, -0.05) is 12.1 Å². The quantitative estimate of drug-likeness (QED) is 0.620. The molecule has 0 unspecified atom stereocenters. The number of aromatic nitrogens is 1. The highest BCUT2D eigenvalue weighted by Gasteiger charge is 2.09. The molecular formula is C11H7Al2N2O2. The second-order valence-electron chi connectivity index (χ2n) is 3.39. The molecule has 17 heavy (non-hydrogen) atoms. The van der Waals surface area contributed by atoms with Crippen molar-refractivity contribution in [3.8, 4) is 5.75 Å². The minimum absolute atomic E-state index is 0.577. The van der Waals surface area contributed by atoms with Gasteiger partial charge in [-0.15, -0.1) is 0 Å². The normalized spacial score (nSPS) is 9.88. The molecule has 0 N–H and O–H groups in total. The average molecular weight is 253 g/mol. The van der Waals surface area contributed by atoms with E-state index in [1.54, 1.807) is 12.1 Å². The Bertz CT molecular complexity index is 596. The summed E-state index contributed by atoms with van der Waals surface area (Å²) in [4.78, 5) is 7.90. The lowest BCUT2D eigenvalue weighted by Crippen LogP contribution is -2.05. The molecule has 0 aliphatic heterocycles. The molecule has 0 aliphatic carbocycles. The predicted molar refractivity (Wildman–Crippen MR) is 66.0 cm³/mol. The van der Waals surface area contributed by atoms with Gasteiger partial charge in [0.05, 0.1) is 12.1 Å². The molecule has 0 aliphatic rings. The molecule has 2 aromatic rings. The molecule has 2 rings (SSSR count). The van der Waals surface area contributed by atoms with Crippen molar-refractivity contribution in [3.05, 3.63) is 41.4 Å². The van der Waals surface area contributed by atoms with Gasteiger partial charge in [0.15, 0.2) is 5.69 Å². The van der Waals surface area contributed by atoms with Crippen LogP contribution >= 0.6 is 0 Å². The monoisotopic (exact) mass is 253 g/mol. The molecule has 3 radical (unpaired) electrons. The summed E-state index contributed by atoms with van der Waals surface area (Å²) in [5.74, 6) is 0.661. The van der Waals surface area contributed by atoms with Crippen LogP contribution in [-0.2, 0) is 2.84 Å². The lowest BCUT2D eigenvalue weighted by Gasteiger charge is -2.10. The second kappa shape index (κ2) is 5.52. The number of nitrogens with zero attached hydrogens (tertiary/aromatic N) is 2. The second-order valence-corrected chi connectivity index (χ2v) is 4.91. The van der Waals surface area contributed by atoms with Crippen molar-refractivity contribution >= 4 is 49.1 Å². The molecule has 4 nitrogen and oxygen atoms in total. The van der Waals surface area contributed by atoms with Gasteiger partial charge >= 0.3 is 32.5 Å². The summed E-state index contributed by atoms with van der Waals surface area (Å²) in [6, 6.07) is 7.29. The Morgan fingerprint density at radius 3 is 2.88 bits per heavy atom. The molecule has 1 heterocycles. The predicted octanol–water partition coefficient (Wildman–Crippen LogP) is 2.11. The molecule has 1 aromatic heterocycles. The maximum Gasteiger partial charge on any atom is 0.740 e. The number of hydrogen-bond acceptors (Lipinski definition) is 3. The zero-order chi connectivity index (χ0) is 12.3. The highest BCUT2D eigenvalue weighted by Crippen LogP contribution is 2.32. The van der Waals surface area contributed by atoms with Gasteiger partial charge in [0.25, 0.3) is 0 Å². The van der Waals surface area contributed by atoms with Gasteiger partial charge in [0.1, 0.15) is 5.75 Å². The van der Waals surface area contributed by atoms with Crippen LogP contribution in [0.3, 0.4) is 0 Å². The lowest BCUT2D eigenvalue weighted by molar-refractivity contribution is 0.485. The largest absolute Gasteiger partial charge is 0.740 e. The smallest absolute Gasteiger partial charge is 0.626 e. The Hall–Kier alpha value is -1.06. The van der Waals surface area contributed by atoms with Crippen molar-refractivity contribution in [2.45, 2.75) is 6.92 Å². The fraction of sp³-hybridized carbons (Fsp3) is 0.0909. The van der Waals surface area contributed by atoms with E-state index in [0.717, 1.165) is 11.1 Å². The van der Waals surface area contributed by atoms with Gasteiger partial charge in [0, 0.05) is 11.1 Å². The van der Waals surface area contributed by atoms with E-state index in [2.05, 4.69) is 26.5 Å². The fourth-order valence-electron chi connectivity index (χ4n) is 1.55. The Morgan fingerprint density at radius 1 is 1.35 bits per heavy atom. The van der Waals surface area contributed by atoms with E-state index in [9.17, 15) is 0 Å². The van der Waals surface area contributed by atoms with Crippen LogP contribution in [0.1, 0.15) is 5.69 Å². The molecule has 0 fully saturated rings. The van der Waals surface area contributed by atoms with E-state index < -0.39 is 15.9 Å². The summed E-state index contributed by atoms with van der Waals surface area (Å²) in [5.41, 5.74) is 2.20. The van der Waals surface area contributed by atoms with Gasteiger partial charge in [-0.2, -0.15) is 0 Å². The van der Waals surface area contributed by atoms with E-state index in [0.29, 0.717) is 17.0 Å². The third-order valence-electron chi connectivity index (χ3n) is 2.29. The summed E-state index contributed by atoms with van der Waals surface area (Å²) >= 11 is 1.58. The van der Waals surface area contributed by atoms with Gasteiger partial charge in [-0.3, -0.25) is 4.98 Å². The van der Waals surface area contributed by atoms with Crippen LogP contribution in [0.5, 0.6) is 5.75 Å². The number of fused-ring (bicyclic) bond motifs is 1. The molecule has 0 atom stereocenters. The lowest BCUT2D eigenvalue weighted by atomic mass is 10.1. The standard InChI is InChI=1S/C11H8N2O.2Al.O/c1-7-3-4-8-9(12-2)5-6-10(14)11(8)13-7;;;/h3-6,14H,1H3;;;/q;;+1;/p-1. The summed E-state index contributed by atoms with van der Waals surface area (Å²) in [7, 11) is 0. The molecule has 0 amide bonds. The van der Waals surface area contributed by atoms with Crippen LogP contribution in [0, 0.1) is 13.5 Å². The topological polar surface area (TPSA) is 35.7 Å². The number of benzene rings is 1. The highest BCUT2D eigenvalue weighted by atomic mass is 27.2. The van der Waals surface area contributed by atoms with Crippen molar-refractivity contribution in [2.24, 2.45) is 0 Å². The summed E-state index contributed by atoms with van der Waals surface area (Å²) in [6.07, 6.45) is 0. The summed E-state index contributed by atoms with van der Waals surface area (Å²) < 4.78 is 10.4. The van der Waals surface area contributed by atoms with E-state index in [-0.39, 0.29) is 0 Å². The fourth-order valence-corrected chi connectivity index (χ4v) is 2.06. The molecule has 0 spiro atoms. The molecule has 0 saturated carbocycles. The highest BCUT2D eigenvalue weighted by molar-refractivity contribution is 6.28. The van der Waals surface area contributed by atoms with Crippen LogP contribution in [0.4, 0.5) is 5.69 Å². The molecular weight excluding hydrogens is 246 g/mol. The van der Waals surface area contributed by atoms with Crippen LogP contribution in [0.2, 0.25) is 0 Å². The number of hydrogen-bond donors (Lipinski definition) is 0. The van der Waals surface area contributed by atoms with Gasteiger partial charge in [-0.05, 0) is 19.1 Å². The van der Waals surface area contributed by atoms with Crippen LogP contribution in [0.25, 0.3) is 15.7 Å². The maximum absolute atomic E-state index is 7.12. The first kappa shape index (κ1) is 12.4. The molecule has 79 valence electrons. The molecule has 1 aromatic carbocycles. The summed E-state index contributed by atoms with van der Waals surface area (Å²) in [5, 5.41) is 0.811. The number of aryl methyl sites for hydroxylation is 1. The van der Waals surface area contributed by atoms with E-state index >= 15 is 0 Å². The first-order chi connectivity index (χ1) is 8.26. The van der Waals surface area contributed by atoms with E-state index in [1.165, 1.54) is 0 Å². The first-order valence-electron chi connectivity index (χ1n) is 4.88. The van der Waals surface area contributed by atoms with Crippen molar-refractivity contribution in [3.63, 3.8) is 0 Å². The van der Waals surface area contributed by atoms with Crippen LogP contribution in [-0.4, -0.2) is 37.5 Å². The van der Waals surface area contributed by atoms with Crippen LogP contribution in [0.15, 0.2) is 24.3 Å². The van der Waals surface area contributed by atoms with Crippen molar-refractivity contribution in [1.82, 2.24) is 4.98 Å². The molecule has 6 heteroatoms. The Balaban J connectivity index is 2.62. The average Bonchev–Trinajstić information content (AvgIpc) is 2.35. The zero-order valence-electron chi connectivity index (χ0n) is 9.18.